The molecule has 2 aliphatic heterocycles. The van der Waals surface area contributed by atoms with Crippen molar-refractivity contribution in [1.29, 1.82) is 0 Å². The van der Waals surface area contributed by atoms with E-state index >= 15 is 0 Å². The molecule has 1 atom stereocenters. The van der Waals surface area contributed by atoms with E-state index in [-0.39, 0.29) is 18.1 Å². The highest BCUT2D eigenvalue weighted by Gasteiger charge is 2.35. The van der Waals surface area contributed by atoms with Gasteiger partial charge in [-0.05, 0) is 63.6 Å². The molecule has 1 unspecified atom stereocenters. The first-order chi connectivity index (χ1) is 12.8. The summed E-state index contributed by atoms with van der Waals surface area (Å²) < 4.78 is 6.52. The number of hydrogen-bond acceptors (Lipinski definition) is 5. The van der Waals surface area contributed by atoms with Crippen LogP contribution in [0.4, 0.5) is 0 Å². The van der Waals surface area contributed by atoms with Gasteiger partial charge in [-0.25, -0.2) is 0 Å². The molecule has 3 N–H and O–H groups in total. The SMILES string of the molecule is Cc1c(C)c2c(c(C)c1O)CCC(C)(CCN1CCN(C(=O)CN)CC1)O2. The molecule has 0 spiro atoms. The minimum Gasteiger partial charge on any atom is -0.507 e. The highest BCUT2D eigenvalue weighted by Crippen LogP contribution is 2.44. The second-order valence-electron chi connectivity index (χ2n) is 8.26. The van der Waals surface area contributed by atoms with Crippen LogP contribution in [0.1, 0.15) is 42.0 Å². The largest absolute Gasteiger partial charge is 0.507 e. The van der Waals surface area contributed by atoms with Gasteiger partial charge in [-0.15, -0.1) is 0 Å². The van der Waals surface area contributed by atoms with Gasteiger partial charge < -0.3 is 20.5 Å². The van der Waals surface area contributed by atoms with E-state index in [1.165, 1.54) is 0 Å². The number of amides is 1. The number of fused-ring (bicyclic) bond motifs is 1. The number of carbonyl (C=O) groups excluding carboxylic acids is 1. The van der Waals surface area contributed by atoms with Crippen LogP contribution in [0.5, 0.6) is 11.5 Å². The van der Waals surface area contributed by atoms with E-state index in [2.05, 4.69) is 11.8 Å². The molecule has 2 aliphatic rings. The summed E-state index contributed by atoms with van der Waals surface area (Å²) in [5, 5.41) is 10.3. The van der Waals surface area contributed by atoms with Gasteiger partial charge in [-0.1, -0.05) is 0 Å². The van der Waals surface area contributed by atoms with E-state index < -0.39 is 0 Å². The maximum atomic E-state index is 11.7. The van der Waals surface area contributed by atoms with E-state index in [0.29, 0.717) is 5.75 Å². The molecule has 0 aromatic heterocycles. The quantitative estimate of drug-likeness (QED) is 0.840. The van der Waals surface area contributed by atoms with Crippen molar-refractivity contribution in [3.05, 3.63) is 22.3 Å². The van der Waals surface area contributed by atoms with E-state index in [1.54, 1.807) is 0 Å². The molecular weight excluding hydrogens is 342 g/mol. The van der Waals surface area contributed by atoms with Gasteiger partial charge in [0, 0.05) is 38.3 Å². The highest BCUT2D eigenvalue weighted by atomic mass is 16.5. The third kappa shape index (κ3) is 3.92. The average Bonchev–Trinajstić information content (AvgIpc) is 2.69. The normalized spacial score (nSPS) is 23.1. The Labute approximate surface area is 162 Å². The molecule has 2 heterocycles. The van der Waals surface area contributed by atoms with Crippen molar-refractivity contribution >= 4 is 5.91 Å². The molecule has 1 amide bonds. The van der Waals surface area contributed by atoms with Gasteiger partial charge >= 0.3 is 0 Å². The molecule has 1 aromatic rings. The number of ether oxygens (including phenoxy) is 1. The lowest BCUT2D eigenvalue weighted by Crippen LogP contribution is -2.51. The molecule has 27 heavy (non-hydrogen) atoms. The molecule has 0 saturated carbocycles. The van der Waals surface area contributed by atoms with Crippen molar-refractivity contribution in [2.75, 3.05) is 39.3 Å². The van der Waals surface area contributed by atoms with Crippen LogP contribution in [0.15, 0.2) is 0 Å². The summed E-state index contributed by atoms with van der Waals surface area (Å²) in [6.07, 6.45) is 2.84. The molecule has 0 bridgehead atoms. The molecule has 0 aliphatic carbocycles. The zero-order chi connectivity index (χ0) is 19.8. The number of nitrogens with two attached hydrogens (primary N) is 1. The number of rotatable bonds is 4. The first-order valence-corrected chi connectivity index (χ1v) is 9.96. The molecule has 6 nitrogen and oxygen atoms in total. The number of nitrogens with zero attached hydrogens (tertiary/aromatic N) is 2. The highest BCUT2D eigenvalue weighted by molar-refractivity contribution is 5.78. The second-order valence-corrected chi connectivity index (χ2v) is 8.26. The van der Waals surface area contributed by atoms with Crippen molar-refractivity contribution in [2.24, 2.45) is 5.73 Å². The Hall–Kier alpha value is -1.79. The van der Waals surface area contributed by atoms with Crippen LogP contribution in [0.25, 0.3) is 0 Å². The van der Waals surface area contributed by atoms with Crippen molar-refractivity contribution in [1.82, 2.24) is 9.80 Å². The van der Waals surface area contributed by atoms with Crippen molar-refractivity contribution in [2.45, 2.75) is 52.6 Å². The van der Waals surface area contributed by atoms with E-state index in [9.17, 15) is 9.90 Å². The van der Waals surface area contributed by atoms with Crippen LogP contribution in [0.2, 0.25) is 0 Å². The molecule has 1 saturated heterocycles. The fourth-order valence-electron chi connectivity index (χ4n) is 4.22. The smallest absolute Gasteiger partial charge is 0.236 e. The average molecular weight is 376 g/mol. The summed E-state index contributed by atoms with van der Waals surface area (Å²) in [6.45, 7) is 12.5. The maximum absolute atomic E-state index is 11.7. The Morgan fingerprint density at radius 1 is 1.15 bits per heavy atom. The van der Waals surface area contributed by atoms with Crippen LogP contribution >= 0.6 is 0 Å². The van der Waals surface area contributed by atoms with E-state index in [0.717, 1.165) is 80.0 Å². The predicted octanol–water partition coefficient (Wildman–Crippen LogP) is 1.89. The summed E-state index contributed by atoms with van der Waals surface area (Å²) in [4.78, 5) is 16.0. The van der Waals surface area contributed by atoms with Gasteiger partial charge in [-0.3, -0.25) is 9.69 Å². The van der Waals surface area contributed by atoms with Gasteiger partial charge in [0.25, 0.3) is 0 Å². The molecule has 6 heteroatoms. The number of hydrogen-bond donors (Lipinski definition) is 2. The van der Waals surface area contributed by atoms with E-state index in [4.69, 9.17) is 10.5 Å². The van der Waals surface area contributed by atoms with Gasteiger partial charge in [-0.2, -0.15) is 0 Å². The molecule has 1 fully saturated rings. The van der Waals surface area contributed by atoms with Crippen LogP contribution in [-0.4, -0.2) is 65.7 Å². The fraction of sp³-hybridized carbons (Fsp3) is 0.667. The standard InChI is InChI=1S/C21H33N3O3/c1-14-15(2)20-17(16(3)19(14)26)5-6-21(4,27-20)7-8-23-9-11-24(12-10-23)18(25)13-22/h26H,5-13,22H2,1-4H3. The Morgan fingerprint density at radius 2 is 1.81 bits per heavy atom. The number of piperazine rings is 1. The third-order valence-electron chi connectivity index (χ3n) is 6.45. The molecule has 1 aromatic carbocycles. The van der Waals surface area contributed by atoms with Gasteiger partial charge in [0.05, 0.1) is 6.54 Å². The number of phenols is 1. The fourth-order valence-corrected chi connectivity index (χ4v) is 4.22. The first kappa shape index (κ1) is 20.0. The Bertz CT molecular complexity index is 726. The van der Waals surface area contributed by atoms with Crippen LogP contribution in [0.3, 0.4) is 0 Å². The summed E-state index contributed by atoms with van der Waals surface area (Å²) in [6, 6.07) is 0. The minimum atomic E-state index is -0.197. The zero-order valence-corrected chi connectivity index (χ0v) is 17.1. The van der Waals surface area contributed by atoms with Gasteiger partial charge in [0.2, 0.25) is 5.91 Å². The number of phenolic OH excluding ortho intramolecular Hbond substituents is 1. The van der Waals surface area contributed by atoms with Crippen molar-refractivity contribution < 1.29 is 14.6 Å². The number of aromatic hydroxyl groups is 1. The summed E-state index contributed by atoms with van der Waals surface area (Å²) in [7, 11) is 0. The lowest BCUT2D eigenvalue weighted by Gasteiger charge is -2.40. The summed E-state index contributed by atoms with van der Waals surface area (Å²) in [5.74, 6) is 1.41. The zero-order valence-electron chi connectivity index (χ0n) is 17.1. The summed E-state index contributed by atoms with van der Waals surface area (Å²) >= 11 is 0. The Balaban J connectivity index is 1.62. The maximum Gasteiger partial charge on any atom is 0.236 e. The second kappa shape index (κ2) is 7.68. The monoisotopic (exact) mass is 375 g/mol. The van der Waals surface area contributed by atoms with E-state index in [1.807, 2.05) is 25.7 Å². The molecule has 3 rings (SSSR count). The van der Waals surface area contributed by atoms with Gasteiger partial charge in [0.1, 0.15) is 17.1 Å². The number of carbonyl (C=O) groups is 1. The van der Waals surface area contributed by atoms with Gasteiger partial charge in [0.15, 0.2) is 0 Å². The third-order valence-corrected chi connectivity index (χ3v) is 6.45. The predicted molar refractivity (Wildman–Crippen MR) is 106 cm³/mol. The van der Waals surface area contributed by atoms with Crippen LogP contribution < -0.4 is 10.5 Å². The Morgan fingerprint density at radius 3 is 2.44 bits per heavy atom. The van der Waals surface area contributed by atoms with Crippen molar-refractivity contribution in [3.63, 3.8) is 0 Å². The lowest BCUT2D eigenvalue weighted by molar-refractivity contribution is -0.131. The molecular formula is C21H33N3O3. The lowest BCUT2D eigenvalue weighted by atomic mass is 9.85. The minimum absolute atomic E-state index is 0.0401. The Kier molecular flexibility index (Phi) is 5.68. The first-order valence-electron chi connectivity index (χ1n) is 9.96. The van der Waals surface area contributed by atoms with Crippen LogP contribution in [-0.2, 0) is 11.2 Å². The number of benzene rings is 1. The van der Waals surface area contributed by atoms with Crippen LogP contribution in [0, 0.1) is 20.8 Å². The molecule has 150 valence electrons. The summed E-state index contributed by atoms with van der Waals surface area (Å²) in [5.41, 5.74) is 9.33. The molecule has 0 radical (unpaired) electrons. The van der Waals surface area contributed by atoms with Crippen molar-refractivity contribution in [3.8, 4) is 11.5 Å². The topological polar surface area (TPSA) is 79.0 Å².